The molecule has 92 valence electrons. The van der Waals surface area contributed by atoms with Gasteiger partial charge in [0.2, 0.25) is 0 Å². The van der Waals surface area contributed by atoms with E-state index in [2.05, 4.69) is 22.9 Å². The zero-order chi connectivity index (χ0) is 13.0. The maximum absolute atomic E-state index is 8.68. The third-order valence-corrected chi connectivity index (χ3v) is 3.05. The molecule has 1 heterocycles. The highest BCUT2D eigenvalue weighted by atomic mass is 15.1. The molecule has 2 aromatic rings. The Morgan fingerprint density at radius 2 is 2.22 bits per heavy atom. The summed E-state index contributed by atoms with van der Waals surface area (Å²) in [7, 11) is 0. The van der Waals surface area contributed by atoms with Crippen LogP contribution in [-0.4, -0.2) is 18.1 Å². The number of rotatable bonds is 4. The first-order valence-corrected chi connectivity index (χ1v) is 6.02. The number of fused-ring (bicyclic) bond motifs is 1. The topological polar surface area (TPSA) is 65.9 Å². The highest BCUT2D eigenvalue weighted by molar-refractivity contribution is 5.98. The SMILES string of the molecule is CCN(CCC#N)c1ccc2cnccc2c1N. The predicted octanol–water partition coefficient (Wildman–Crippen LogP) is 2.56. The molecule has 0 aliphatic carbocycles. The number of nitrogens with two attached hydrogens (primary N) is 1. The summed E-state index contributed by atoms with van der Waals surface area (Å²) in [6, 6.07) is 8.11. The number of pyridine rings is 1. The standard InChI is InChI=1S/C14H16N4/c1-2-18(9-3-7-15)13-5-4-11-10-17-8-6-12(11)14(13)16/h4-6,8,10H,2-3,9,16H2,1H3. The quantitative estimate of drug-likeness (QED) is 0.834. The van der Waals surface area contributed by atoms with Crippen molar-refractivity contribution in [2.24, 2.45) is 0 Å². The zero-order valence-electron chi connectivity index (χ0n) is 10.4. The van der Waals surface area contributed by atoms with Crippen molar-refractivity contribution in [2.75, 3.05) is 23.7 Å². The summed E-state index contributed by atoms with van der Waals surface area (Å²) in [6.07, 6.45) is 4.05. The van der Waals surface area contributed by atoms with Crippen molar-refractivity contribution < 1.29 is 0 Å². The summed E-state index contributed by atoms with van der Waals surface area (Å²) in [4.78, 5) is 6.21. The number of nitrogens with zero attached hydrogens (tertiary/aromatic N) is 3. The molecule has 0 bridgehead atoms. The molecule has 0 fully saturated rings. The molecule has 4 nitrogen and oxygen atoms in total. The van der Waals surface area contributed by atoms with Gasteiger partial charge in [-0.25, -0.2) is 0 Å². The van der Waals surface area contributed by atoms with Crippen molar-refractivity contribution in [3.05, 3.63) is 30.6 Å². The summed E-state index contributed by atoms with van der Waals surface area (Å²) >= 11 is 0. The van der Waals surface area contributed by atoms with E-state index in [1.165, 1.54) is 0 Å². The summed E-state index contributed by atoms with van der Waals surface area (Å²) < 4.78 is 0. The molecule has 2 N–H and O–H groups in total. The lowest BCUT2D eigenvalue weighted by atomic mass is 10.1. The molecular formula is C14H16N4. The van der Waals surface area contributed by atoms with E-state index in [9.17, 15) is 0 Å². The van der Waals surface area contributed by atoms with Crippen LogP contribution in [0.25, 0.3) is 10.8 Å². The second-order valence-corrected chi connectivity index (χ2v) is 4.08. The monoisotopic (exact) mass is 240 g/mol. The lowest BCUT2D eigenvalue weighted by Crippen LogP contribution is -2.24. The maximum atomic E-state index is 8.68. The molecule has 2 rings (SSSR count). The van der Waals surface area contributed by atoms with E-state index in [1.807, 2.05) is 18.2 Å². The van der Waals surface area contributed by atoms with Crippen molar-refractivity contribution in [1.82, 2.24) is 4.98 Å². The number of nitriles is 1. The second-order valence-electron chi connectivity index (χ2n) is 4.08. The summed E-state index contributed by atoms with van der Waals surface area (Å²) in [5, 5.41) is 10.7. The third-order valence-electron chi connectivity index (χ3n) is 3.05. The van der Waals surface area contributed by atoms with Gasteiger partial charge >= 0.3 is 0 Å². The molecule has 1 aromatic heterocycles. The molecule has 0 aliphatic rings. The Bertz CT molecular complexity index is 586. The van der Waals surface area contributed by atoms with E-state index >= 15 is 0 Å². The van der Waals surface area contributed by atoms with E-state index in [0.717, 1.165) is 28.7 Å². The van der Waals surface area contributed by atoms with Crippen LogP contribution in [0.2, 0.25) is 0 Å². The van der Waals surface area contributed by atoms with E-state index < -0.39 is 0 Å². The van der Waals surface area contributed by atoms with E-state index in [1.54, 1.807) is 12.4 Å². The highest BCUT2D eigenvalue weighted by Crippen LogP contribution is 2.30. The van der Waals surface area contributed by atoms with Gasteiger partial charge in [0, 0.05) is 36.3 Å². The van der Waals surface area contributed by atoms with Crippen molar-refractivity contribution in [3.8, 4) is 6.07 Å². The lowest BCUT2D eigenvalue weighted by Gasteiger charge is -2.24. The van der Waals surface area contributed by atoms with Gasteiger partial charge in [-0.2, -0.15) is 5.26 Å². The molecule has 18 heavy (non-hydrogen) atoms. The van der Waals surface area contributed by atoms with Gasteiger partial charge in [-0.05, 0) is 19.1 Å². The first-order valence-electron chi connectivity index (χ1n) is 6.02. The van der Waals surface area contributed by atoms with Crippen molar-refractivity contribution >= 4 is 22.1 Å². The summed E-state index contributed by atoms with van der Waals surface area (Å²) in [5.74, 6) is 0. The van der Waals surface area contributed by atoms with Crippen LogP contribution >= 0.6 is 0 Å². The number of aromatic nitrogens is 1. The molecule has 0 saturated heterocycles. The zero-order valence-corrected chi connectivity index (χ0v) is 10.4. The average molecular weight is 240 g/mol. The number of hydrogen-bond donors (Lipinski definition) is 1. The van der Waals surface area contributed by atoms with Gasteiger partial charge in [-0.1, -0.05) is 6.07 Å². The predicted molar refractivity (Wildman–Crippen MR) is 74.3 cm³/mol. The first kappa shape index (κ1) is 12.2. The molecule has 0 atom stereocenters. The first-order chi connectivity index (χ1) is 8.77. The smallest absolute Gasteiger partial charge is 0.0640 e. The molecule has 0 aliphatic heterocycles. The third kappa shape index (κ3) is 2.21. The Hall–Kier alpha value is -2.28. The molecule has 0 radical (unpaired) electrons. The van der Waals surface area contributed by atoms with Gasteiger partial charge in [0.1, 0.15) is 0 Å². The van der Waals surface area contributed by atoms with Gasteiger partial charge in [-0.3, -0.25) is 4.98 Å². The fraction of sp³-hybridized carbons (Fsp3) is 0.286. The van der Waals surface area contributed by atoms with Crippen LogP contribution in [0.5, 0.6) is 0 Å². The van der Waals surface area contributed by atoms with Crippen LogP contribution in [0.1, 0.15) is 13.3 Å². The van der Waals surface area contributed by atoms with Gasteiger partial charge in [0.05, 0.1) is 23.9 Å². The molecule has 0 spiro atoms. The minimum Gasteiger partial charge on any atom is -0.397 e. The molecule has 4 heteroatoms. The Labute approximate surface area is 107 Å². The van der Waals surface area contributed by atoms with E-state index in [-0.39, 0.29) is 0 Å². The van der Waals surface area contributed by atoms with E-state index in [4.69, 9.17) is 11.0 Å². The van der Waals surface area contributed by atoms with Crippen LogP contribution in [0, 0.1) is 11.3 Å². The fourth-order valence-electron chi connectivity index (χ4n) is 2.09. The van der Waals surface area contributed by atoms with Crippen LogP contribution < -0.4 is 10.6 Å². The minimum absolute atomic E-state index is 0.502. The Morgan fingerprint density at radius 3 is 2.94 bits per heavy atom. The number of nitrogen functional groups attached to an aromatic ring is 1. The number of benzene rings is 1. The molecule has 0 unspecified atom stereocenters. The summed E-state index contributed by atoms with van der Waals surface area (Å²) in [5.41, 5.74) is 7.97. The Kier molecular flexibility index (Phi) is 3.63. The normalized spacial score (nSPS) is 10.2. The summed E-state index contributed by atoms with van der Waals surface area (Å²) in [6.45, 7) is 3.60. The van der Waals surface area contributed by atoms with Crippen molar-refractivity contribution in [2.45, 2.75) is 13.3 Å². The molecule has 1 aromatic carbocycles. The molecule has 0 saturated carbocycles. The van der Waals surface area contributed by atoms with E-state index in [0.29, 0.717) is 13.0 Å². The largest absolute Gasteiger partial charge is 0.397 e. The number of anilines is 2. The van der Waals surface area contributed by atoms with Gasteiger partial charge < -0.3 is 10.6 Å². The fourth-order valence-corrected chi connectivity index (χ4v) is 2.09. The maximum Gasteiger partial charge on any atom is 0.0640 e. The van der Waals surface area contributed by atoms with Gasteiger partial charge in [-0.15, -0.1) is 0 Å². The van der Waals surface area contributed by atoms with Crippen LogP contribution in [0.4, 0.5) is 11.4 Å². The Balaban J connectivity index is 2.44. The Morgan fingerprint density at radius 1 is 1.39 bits per heavy atom. The van der Waals surface area contributed by atoms with Crippen LogP contribution in [0.15, 0.2) is 30.6 Å². The molecular weight excluding hydrogens is 224 g/mol. The number of hydrogen-bond acceptors (Lipinski definition) is 4. The highest BCUT2D eigenvalue weighted by Gasteiger charge is 2.10. The van der Waals surface area contributed by atoms with Gasteiger partial charge in [0.15, 0.2) is 0 Å². The second kappa shape index (κ2) is 5.37. The average Bonchev–Trinajstić information content (AvgIpc) is 2.42. The van der Waals surface area contributed by atoms with Crippen molar-refractivity contribution in [1.29, 1.82) is 5.26 Å². The van der Waals surface area contributed by atoms with Crippen LogP contribution in [0.3, 0.4) is 0 Å². The van der Waals surface area contributed by atoms with Gasteiger partial charge in [0.25, 0.3) is 0 Å². The lowest BCUT2D eigenvalue weighted by molar-refractivity contribution is 0.829. The van der Waals surface area contributed by atoms with Crippen molar-refractivity contribution in [3.63, 3.8) is 0 Å². The minimum atomic E-state index is 0.502. The molecule has 0 amide bonds. The van der Waals surface area contributed by atoms with Crippen LogP contribution in [-0.2, 0) is 0 Å².